The van der Waals surface area contributed by atoms with Crippen molar-refractivity contribution in [3.05, 3.63) is 22.8 Å². The van der Waals surface area contributed by atoms with E-state index >= 15 is 0 Å². The third-order valence-corrected chi connectivity index (χ3v) is 3.54. The fourth-order valence-electron chi connectivity index (χ4n) is 1.59. The summed E-state index contributed by atoms with van der Waals surface area (Å²) < 4.78 is 42.9. The Morgan fingerprint density at radius 2 is 2.12 bits per heavy atom. The van der Waals surface area contributed by atoms with E-state index in [-0.39, 0.29) is 41.5 Å². The van der Waals surface area contributed by atoms with Crippen molar-refractivity contribution in [3.8, 4) is 5.88 Å². The highest BCUT2D eigenvalue weighted by molar-refractivity contribution is 14.0. The maximum absolute atomic E-state index is 12.5. The first kappa shape index (κ1) is 24.4. The van der Waals surface area contributed by atoms with Gasteiger partial charge in [-0.05, 0) is 19.2 Å². The molecule has 0 unspecified atom stereocenters. The van der Waals surface area contributed by atoms with Crippen molar-refractivity contribution in [2.75, 3.05) is 38.2 Å². The van der Waals surface area contributed by atoms with Gasteiger partial charge in [0.15, 0.2) is 5.96 Å². The number of hydrogen-bond acceptors (Lipinski definition) is 4. The summed E-state index contributed by atoms with van der Waals surface area (Å²) in [5.41, 5.74) is -0.909. The zero-order valence-corrected chi connectivity index (χ0v) is 17.7. The Morgan fingerprint density at radius 1 is 1.40 bits per heavy atom. The molecular weight excluding hydrogens is 492 g/mol. The molecule has 1 rings (SSSR count). The van der Waals surface area contributed by atoms with Crippen molar-refractivity contribution in [2.24, 2.45) is 4.99 Å². The van der Waals surface area contributed by atoms with Crippen LogP contribution in [0.1, 0.15) is 12.5 Å². The molecule has 0 atom stereocenters. The molecule has 2 N–H and O–H groups in total. The Morgan fingerprint density at radius 3 is 2.68 bits per heavy atom. The molecular formula is C14H21ClF3IN4OS. The Bertz CT molecular complexity index is 549. The predicted octanol–water partition coefficient (Wildman–Crippen LogP) is 3.67. The number of aromatic nitrogens is 1. The smallest absolute Gasteiger partial charge is 0.417 e. The normalized spacial score (nSPS) is 11.7. The van der Waals surface area contributed by atoms with Gasteiger partial charge in [-0.15, -0.1) is 24.0 Å². The van der Waals surface area contributed by atoms with E-state index in [4.69, 9.17) is 16.3 Å². The third kappa shape index (κ3) is 9.59. The van der Waals surface area contributed by atoms with Crippen LogP contribution in [0.15, 0.2) is 17.3 Å². The van der Waals surface area contributed by atoms with Crippen LogP contribution in [0, 0.1) is 0 Å². The van der Waals surface area contributed by atoms with Gasteiger partial charge in [0.1, 0.15) is 11.6 Å². The van der Waals surface area contributed by atoms with E-state index in [9.17, 15) is 13.2 Å². The number of pyridine rings is 1. The first-order chi connectivity index (χ1) is 11.4. The molecule has 0 aliphatic rings. The van der Waals surface area contributed by atoms with E-state index in [1.54, 1.807) is 11.8 Å². The van der Waals surface area contributed by atoms with Crippen LogP contribution in [0.5, 0.6) is 5.88 Å². The minimum absolute atomic E-state index is 0. The van der Waals surface area contributed by atoms with Gasteiger partial charge in [-0.3, -0.25) is 4.99 Å². The number of nitrogens with one attached hydrogen (secondary N) is 2. The van der Waals surface area contributed by atoms with Gasteiger partial charge in [-0.2, -0.15) is 24.9 Å². The Kier molecular flexibility index (Phi) is 12.4. The molecule has 5 nitrogen and oxygen atoms in total. The average Bonchev–Trinajstić information content (AvgIpc) is 2.51. The molecule has 25 heavy (non-hydrogen) atoms. The number of rotatable bonds is 8. The van der Waals surface area contributed by atoms with Crippen LogP contribution in [0.25, 0.3) is 0 Å². The fourth-order valence-corrected chi connectivity index (χ4v) is 2.09. The SMILES string of the molecule is CCNC(=NCCSC)NCCOc1ncc(C(F)(F)F)cc1Cl.I. The van der Waals surface area contributed by atoms with Crippen molar-refractivity contribution in [1.82, 2.24) is 15.6 Å². The highest BCUT2D eigenvalue weighted by Gasteiger charge is 2.31. The molecule has 1 heterocycles. The van der Waals surface area contributed by atoms with E-state index < -0.39 is 11.7 Å². The molecule has 0 saturated heterocycles. The lowest BCUT2D eigenvalue weighted by Gasteiger charge is -2.13. The maximum atomic E-state index is 12.5. The third-order valence-electron chi connectivity index (χ3n) is 2.68. The first-order valence-corrected chi connectivity index (χ1v) is 9.02. The number of thioether (sulfide) groups is 1. The van der Waals surface area contributed by atoms with Crippen molar-refractivity contribution in [2.45, 2.75) is 13.1 Å². The second-order valence-corrected chi connectivity index (χ2v) is 5.93. The van der Waals surface area contributed by atoms with Gasteiger partial charge in [0.05, 0.1) is 18.7 Å². The fraction of sp³-hybridized carbons (Fsp3) is 0.571. The van der Waals surface area contributed by atoms with Crippen LogP contribution >= 0.6 is 47.3 Å². The van der Waals surface area contributed by atoms with Crippen LogP contribution in [0.4, 0.5) is 13.2 Å². The maximum Gasteiger partial charge on any atom is 0.417 e. The van der Waals surface area contributed by atoms with Gasteiger partial charge in [-0.1, -0.05) is 11.6 Å². The number of ether oxygens (including phenoxy) is 1. The monoisotopic (exact) mass is 512 g/mol. The molecule has 0 radical (unpaired) electrons. The number of nitrogens with zero attached hydrogens (tertiary/aromatic N) is 2. The zero-order valence-electron chi connectivity index (χ0n) is 13.8. The summed E-state index contributed by atoms with van der Waals surface area (Å²) >= 11 is 7.47. The molecule has 0 bridgehead atoms. The largest absolute Gasteiger partial charge is 0.475 e. The van der Waals surface area contributed by atoms with Crippen molar-refractivity contribution >= 4 is 53.3 Å². The van der Waals surface area contributed by atoms with E-state index in [0.717, 1.165) is 18.4 Å². The number of alkyl halides is 3. The summed E-state index contributed by atoms with van der Waals surface area (Å²) in [6, 6.07) is 0.797. The minimum Gasteiger partial charge on any atom is -0.475 e. The van der Waals surface area contributed by atoms with Gasteiger partial charge in [-0.25, -0.2) is 4.98 Å². The standard InChI is InChI=1S/C14H20ClF3N4OS.HI/c1-3-19-13(21-5-7-24-2)20-4-6-23-12-11(15)8-10(9-22-12)14(16,17)18;/h8-9H,3-7H2,1-2H3,(H2,19,20,21);1H. The number of aliphatic imine (C=N–C) groups is 1. The number of hydrogen-bond donors (Lipinski definition) is 2. The predicted molar refractivity (Wildman–Crippen MR) is 108 cm³/mol. The topological polar surface area (TPSA) is 58.5 Å². The zero-order chi connectivity index (χ0) is 18.0. The average molecular weight is 513 g/mol. The van der Waals surface area contributed by atoms with Crippen molar-refractivity contribution in [1.29, 1.82) is 0 Å². The lowest BCUT2D eigenvalue weighted by molar-refractivity contribution is -0.137. The molecule has 0 amide bonds. The van der Waals surface area contributed by atoms with E-state index in [1.165, 1.54) is 0 Å². The van der Waals surface area contributed by atoms with Crippen LogP contribution in [0.2, 0.25) is 5.02 Å². The van der Waals surface area contributed by atoms with Gasteiger partial charge in [0.2, 0.25) is 5.88 Å². The highest BCUT2D eigenvalue weighted by Crippen LogP contribution is 2.32. The Hall–Kier alpha value is -0.620. The molecule has 0 fully saturated rings. The quantitative estimate of drug-likeness (QED) is 0.241. The molecule has 0 aliphatic heterocycles. The van der Waals surface area contributed by atoms with E-state index in [1.807, 2.05) is 13.2 Å². The summed E-state index contributed by atoms with van der Waals surface area (Å²) in [5, 5.41) is 5.97. The van der Waals surface area contributed by atoms with Crippen LogP contribution in [-0.2, 0) is 6.18 Å². The number of guanidine groups is 1. The molecule has 1 aromatic rings. The van der Waals surface area contributed by atoms with Gasteiger partial charge in [0.25, 0.3) is 0 Å². The lowest BCUT2D eigenvalue weighted by Crippen LogP contribution is -2.39. The summed E-state index contributed by atoms with van der Waals surface area (Å²) in [6.45, 7) is 3.95. The van der Waals surface area contributed by atoms with E-state index in [2.05, 4.69) is 20.6 Å². The molecule has 11 heteroatoms. The molecule has 0 spiro atoms. The summed E-state index contributed by atoms with van der Waals surface area (Å²) in [5.74, 6) is 1.54. The molecule has 0 aromatic carbocycles. The summed E-state index contributed by atoms with van der Waals surface area (Å²) in [6.07, 6.45) is -1.78. The Balaban J connectivity index is 0.00000576. The van der Waals surface area contributed by atoms with E-state index in [0.29, 0.717) is 25.2 Å². The molecule has 1 aromatic heterocycles. The van der Waals surface area contributed by atoms with Crippen LogP contribution < -0.4 is 15.4 Å². The second kappa shape index (κ2) is 12.7. The molecule has 0 saturated carbocycles. The molecule has 0 aliphatic carbocycles. The van der Waals surface area contributed by atoms with Crippen LogP contribution in [0.3, 0.4) is 0 Å². The highest BCUT2D eigenvalue weighted by atomic mass is 127. The Labute approximate surface area is 171 Å². The van der Waals surface area contributed by atoms with Crippen molar-refractivity contribution < 1.29 is 17.9 Å². The first-order valence-electron chi connectivity index (χ1n) is 7.25. The molecule has 144 valence electrons. The van der Waals surface area contributed by atoms with Crippen molar-refractivity contribution in [3.63, 3.8) is 0 Å². The summed E-state index contributed by atoms with van der Waals surface area (Å²) in [7, 11) is 0. The summed E-state index contributed by atoms with van der Waals surface area (Å²) in [4.78, 5) is 7.96. The van der Waals surface area contributed by atoms with Gasteiger partial charge in [0, 0.05) is 18.5 Å². The lowest BCUT2D eigenvalue weighted by atomic mass is 10.3. The minimum atomic E-state index is -4.48. The van der Waals surface area contributed by atoms with Gasteiger partial charge >= 0.3 is 6.18 Å². The van der Waals surface area contributed by atoms with Crippen LogP contribution in [-0.4, -0.2) is 49.2 Å². The second-order valence-electron chi connectivity index (χ2n) is 4.54. The number of halogens is 5. The van der Waals surface area contributed by atoms with Gasteiger partial charge < -0.3 is 15.4 Å².